The largest absolute Gasteiger partial charge is 0.481 e. The SMILES string of the molecule is O=C1COc2cc(OC(=O)C3CC3)ccc2N1. The summed E-state index contributed by atoms with van der Waals surface area (Å²) in [4.78, 5) is 22.5. The van der Waals surface area contributed by atoms with Gasteiger partial charge in [-0.05, 0) is 25.0 Å². The van der Waals surface area contributed by atoms with Crippen LogP contribution in [0.15, 0.2) is 18.2 Å². The van der Waals surface area contributed by atoms with Crippen LogP contribution in [0.25, 0.3) is 0 Å². The normalized spacial score (nSPS) is 17.8. The summed E-state index contributed by atoms with van der Waals surface area (Å²) < 4.78 is 10.4. The summed E-state index contributed by atoms with van der Waals surface area (Å²) in [5.74, 6) is 0.680. The molecular weight excluding hydrogens is 222 g/mol. The number of anilines is 1. The number of carbonyl (C=O) groups is 2. The molecule has 1 aromatic rings. The smallest absolute Gasteiger partial charge is 0.314 e. The predicted molar refractivity (Wildman–Crippen MR) is 58.9 cm³/mol. The first kappa shape index (κ1) is 10.1. The quantitative estimate of drug-likeness (QED) is 0.618. The van der Waals surface area contributed by atoms with E-state index in [1.807, 2.05) is 0 Å². The highest BCUT2D eigenvalue weighted by atomic mass is 16.5. The van der Waals surface area contributed by atoms with Crippen molar-refractivity contribution in [3.8, 4) is 11.5 Å². The maximum atomic E-state index is 11.5. The summed E-state index contributed by atoms with van der Waals surface area (Å²) in [5, 5.41) is 2.67. The molecule has 0 spiro atoms. The molecule has 5 heteroatoms. The van der Waals surface area contributed by atoms with Crippen LogP contribution in [0, 0.1) is 5.92 Å². The van der Waals surface area contributed by atoms with Gasteiger partial charge < -0.3 is 14.8 Å². The Hall–Kier alpha value is -2.04. The first-order valence-electron chi connectivity index (χ1n) is 5.51. The van der Waals surface area contributed by atoms with E-state index in [0.29, 0.717) is 17.2 Å². The summed E-state index contributed by atoms with van der Waals surface area (Å²) in [5.41, 5.74) is 0.604. The number of benzene rings is 1. The molecule has 5 nitrogen and oxygen atoms in total. The summed E-state index contributed by atoms with van der Waals surface area (Å²) in [6.07, 6.45) is 1.83. The van der Waals surface area contributed by atoms with Crippen LogP contribution in [0.1, 0.15) is 12.8 Å². The van der Waals surface area contributed by atoms with Gasteiger partial charge in [0.2, 0.25) is 0 Å². The minimum atomic E-state index is -0.190. The topological polar surface area (TPSA) is 64.6 Å². The van der Waals surface area contributed by atoms with Crippen LogP contribution < -0.4 is 14.8 Å². The molecule has 1 N–H and O–H groups in total. The number of esters is 1. The standard InChI is InChI=1S/C12H11NO4/c14-11-6-16-10-5-8(3-4-9(10)13-11)17-12(15)7-1-2-7/h3-5,7H,1-2,6H2,(H,13,14). The Morgan fingerprint density at radius 1 is 1.41 bits per heavy atom. The fraction of sp³-hybridized carbons (Fsp3) is 0.333. The lowest BCUT2D eigenvalue weighted by Gasteiger charge is -2.18. The Labute approximate surface area is 97.7 Å². The molecule has 1 saturated carbocycles. The molecule has 0 atom stereocenters. The average Bonchev–Trinajstić information content (AvgIpc) is 3.13. The van der Waals surface area contributed by atoms with Crippen molar-refractivity contribution in [3.63, 3.8) is 0 Å². The van der Waals surface area contributed by atoms with Gasteiger partial charge in [-0.25, -0.2) is 0 Å². The van der Waals surface area contributed by atoms with Gasteiger partial charge in [0.15, 0.2) is 6.61 Å². The number of rotatable bonds is 2. The first-order valence-corrected chi connectivity index (χ1v) is 5.51. The molecule has 1 aliphatic carbocycles. The highest BCUT2D eigenvalue weighted by Gasteiger charge is 2.31. The van der Waals surface area contributed by atoms with Crippen LogP contribution in [-0.2, 0) is 9.59 Å². The third-order valence-corrected chi connectivity index (χ3v) is 2.72. The van der Waals surface area contributed by atoms with Crippen molar-refractivity contribution in [1.82, 2.24) is 0 Å². The Kier molecular flexibility index (Phi) is 2.24. The van der Waals surface area contributed by atoms with Crippen LogP contribution in [0.4, 0.5) is 5.69 Å². The molecular formula is C12H11NO4. The second-order valence-corrected chi connectivity index (χ2v) is 4.19. The molecule has 88 valence electrons. The van der Waals surface area contributed by atoms with E-state index in [1.54, 1.807) is 18.2 Å². The van der Waals surface area contributed by atoms with Crippen molar-refractivity contribution in [3.05, 3.63) is 18.2 Å². The zero-order valence-electron chi connectivity index (χ0n) is 9.06. The van der Waals surface area contributed by atoms with Gasteiger partial charge in [0, 0.05) is 6.07 Å². The molecule has 3 rings (SSSR count). The van der Waals surface area contributed by atoms with Gasteiger partial charge in [-0.2, -0.15) is 0 Å². The highest BCUT2D eigenvalue weighted by molar-refractivity contribution is 5.95. The number of hydrogen-bond donors (Lipinski definition) is 1. The highest BCUT2D eigenvalue weighted by Crippen LogP contribution is 2.34. The summed E-state index contributed by atoms with van der Waals surface area (Å²) in [6, 6.07) is 4.94. The second-order valence-electron chi connectivity index (χ2n) is 4.19. The van der Waals surface area contributed by atoms with E-state index in [4.69, 9.17) is 9.47 Å². The van der Waals surface area contributed by atoms with Gasteiger partial charge in [0.05, 0.1) is 11.6 Å². The van der Waals surface area contributed by atoms with E-state index in [-0.39, 0.29) is 24.4 Å². The summed E-state index contributed by atoms with van der Waals surface area (Å²) >= 11 is 0. The second kappa shape index (κ2) is 3.76. The van der Waals surface area contributed by atoms with Gasteiger partial charge in [0.25, 0.3) is 5.91 Å². The van der Waals surface area contributed by atoms with Gasteiger partial charge in [-0.3, -0.25) is 9.59 Å². The number of fused-ring (bicyclic) bond motifs is 1. The van der Waals surface area contributed by atoms with E-state index < -0.39 is 0 Å². The third-order valence-electron chi connectivity index (χ3n) is 2.72. The number of nitrogens with one attached hydrogen (secondary N) is 1. The zero-order chi connectivity index (χ0) is 11.8. The van der Waals surface area contributed by atoms with Gasteiger partial charge in [-0.15, -0.1) is 0 Å². The zero-order valence-corrected chi connectivity index (χ0v) is 9.06. The molecule has 1 fully saturated rings. The van der Waals surface area contributed by atoms with Gasteiger partial charge >= 0.3 is 5.97 Å². The molecule has 17 heavy (non-hydrogen) atoms. The molecule has 0 radical (unpaired) electrons. The first-order chi connectivity index (χ1) is 8.22. The monoisotopic (exact) mass is 233 g/mol. The molecule has 1 aromatic carbocycles. The van der Waals surface area contributed by atoms with E-state index in [9.17, 15) is 9.59 Å². The summed E-state index contributed by atoms with van der Waals surface area (Å²) in [7, 11) is 0. The van der Waals surface area contributed by atoms with E-state index in [2.05, 4.69) is 5.32 Å². The third kappa shape index (κ3) is 2.08. The van der Waals surface area contributed by atoms with Crippen molar-refractivity contribution in [1.29, 1.82) is 0 Å². The number of carbonyl (C=O) groups excluding carboxylic acids is 2. The lowest BCUT2D eigenvalue weighted by Crippen LogP contribution is -2.25. The number of amides is 1. The van der Waals surface area contributed by atoms with Crippen LogP contribution in [0.5, 0.6) is 11.5 Å². The maximum absolute atomic E-state index is 11.5. The van der Waals surface area contributed by atoms with Crippen molar-refractivity contribution >= 4 is 17.6 Å². The van der Waals surface area contributed by atoms with Gasteiger partial charge in [-0.1, -0.05) is 0 Å². The molecule has 1 amide bonds. The Morgan fingerprint density at radius 3 is 3.00 bits per heavy atom. The molecule has 0 saturated heterocycles. The lowest BCUT2D eigenvalue weighted by molar-refractivity contribution is -0.135. The molecule has 0 unspecified atom stereocenters. The number of ether oxygens (including phenoxy) is 2. The van der Waals surface area contributed by atoms with Crippen LogP contribution >= 0.6 is 0 Å². The van der Waals surface area contributed by atoms with Crippen molar-refractivity contribution < 1.29 is 19.1 Å². The number of hydrogen-bond acceptors (Lipinski definition) is 4. The van der Waals surface area contributed by atoms with Crippen molar-refractivity contribution in [2.45, 2.75) is 12.8 Å². The minimum Gasteiger partial charge on any atom is -0.481 e. The van der Waals surface area contributed by atoms with Crippen LogP contribution in [-0.4, -0.2) is 18.5 Å². The van der Waals surface area contributed by atoms with Crippen molar-refractivity contribution in [2.24, 2.45) is 5.92 Å². The Morgan fingerprint density at radius 2 is 2.24 bits per heavy atom. The molecule has 2 aliphatic rings. The van der Waals surface area contributed by atoms with E-state index >= 15 is 0 Å². The van der Waals surface area contributed by atoms with E-state index in [1.165, 1.54) is 0 Å². The lowest BCUT2D eigenvalue weighted by atomic mass is 10.2. The fourth-order valence-corrected chi connectivity index (χ4v) is 1.64. The maximum Gasteiger partial charge on any atom is 0.314 e. The molecule has 1 aliphatic heterocycles. The van der Waals surface area contributed by atoms with Crippen LogP contribution in [0.3, 0.4) is 0 Å². The summed E-state index contributed by atoms with van der Waals surface area (Å²) in [6.45, 7) is -0.00692. The predicted octanol–water partition coefficient (Wildman–Crippen LogP) is 1.33. The van der Waals surface area contributed by atoms with Crippen molar-refractivity contribution in [2.75, 3.05) is 11.9 Å². The Balaban J connectivity index is 1.78. The molecule has 1 heterocycles. The van der Waals surface area contributed by atoms with Gasteiger partial charge in [0.1, 0.15) is 11.5 Å². The fourth-order valence-electron chi connectivity index (χ4n) is 1.64. The Bertz CT molecular complexity index is 493. The van der Waals surface area contributed by atoms with E-state index in [0.717, 1.165) is 12.8 Å². The molecule has 0 aromatic heterocycles. The van der Waals surface area contributed by atoms with Crippen LogP contribution in [0.2, 0.25) is 0 Å². The average molecular weight is 233 g/mol. The minimum absolute atomic E-state index is 0.00692. The molecule has 0 bridgehead atoms.